The summed E-state index contributed by atoms with van der Waals surface area (Å²) in [4.78, 5) is 24.2. The average molecular weight is 369 g/mol. The molecule has 0 saturated heterocycles. The second kappa shape index (κ2) is 6.88. The van der Waals surface area contributed by atoms with Crippen molar-refractivity contribution in [2.45, 2.75) is 32.0 Å². The lowest BCUT2D eigenvalue weighted by Gasteiger charge is -2.22. The third-order valence-corrected chi connectivity index (χ3v) is 4.32. The number of hydrogen-bond donors (Lipinski definition) is 3. The van der Waals surface area contributed by atoms with Gasteiger partial charge in [-0.05, 0) is 25.5 Å². The van der Waals surface area contributed by atoms with Gasteiger partial charge in [0.2, 0.25) is 0 Å². The number of alkyl halides is 1. The second-order valence-electron chi connectivity index (χ2n) is 6.90. The topological polar surface area (TPSA) is 128 Å². The van der Waals surface area contributed by atoms with Crippen molar-refractivity contribution in [2.75, 3.05) is 5.73 Å². The van der Waals surface area contributed by atoms with Crippen LogP contribution in [0.2, 0.25) is 0 Å². The number of halogens is 1. The molecule has 5 N–H and O–H groups in total. The average Bonchev–Trinajstić information content (AvgIpc) is 2.61. The molecule has 0 spiro atoms. The highest BCUT2D eigenvalue weighted by Crippen LogP contribution is 2.26. The number of nitrogens with two attached hydrogens (primary N) is 2. The van der Waals surface area contributed by atoms with Gasteiger partial charge in [0, 0.05) is 12.0 Å². The summed E-state index contributed by atoms with van der Waals surface area (Å²) in [7, 11) is 0. The van der Waals surface area contributed by atoms with Crippen LogP contribution in [0.5, 0.6) is 0 Å². The van der Waals surface area contributed by atoms with Crippen molar-refractivity contribution in [3.05, 3.63) is 47.8 Å². The lowest BCUT2D eigenvalue weighted by molar-refractivity contribution is -0.00259. The number of nitrogen functional groups attached to an aromatic ring is 1. The summed E-state index contributed by atoms with van der Waals surface area (Å²) in [5.74, 6) is -0.504. The van der Waals surface area contributed by atoms with Gasteiger partial charge in [0.1, 0.15) is 23.5 Å². The van der Waals surface area contributed by atoms with Crippen LogP contribution in [-0.4, -0.2) is 37.7 Å². The first kappa shape index (κ1) is 18.7. The summed E-state index contributed by atoms with van der Waals surface area (Å²) in [5.41, 5.74) is 12.6. The van der Waals surface area contributed by atoms with Crippen LogP contribution in [0, 0.1) is 0 Å². The number of nitrogens with zero attached hydrogens (tertiary/aromatic N) is 3. The van der Waals surface area contributed by atoms with Crippen molar-refractivity contribution in [3.8, 4) is 11.3 Å². The molecule has 0 bridgehead atoms. The van der Waals surface area contributed by atoms with E-state index in [-0.39, 0.29) is 17.8 Å². The Hall–Kier alpha value is -3.13. The SMILES string of the molecule is CC(C)(O)C(F)Cc1ccc(-c2cc(C(N)=O)c3ncnc(N)c3n2)cc1. The Labute approximate surface area is 155 Å². The molecule has 1 amide bonds. The summed E-state index contributed by atoms with van der Waals surface area (Å²) in [6.07, 6.45) is -0.0565. The van der Waals surface area contributed by atoms with Gasteiger partial charge in [-0.2, -0.15) is 0 Å². The Bertz CT molecular complexity index is 999. The maximum atomic E-state index is 14.0. The van der Waals surface area contributed by atoms with Crippen LogP contribution in [0.1, 0.15) is 29.8 Å². The van der Waals surface area contributed by atoms with Gasteiger partial charge in [0.25, 0.3) is 5.91 Å². The highest BCUT2D eigenvalue weighted by molar-refractivity contribution is 6.06. The maximum absolute atomic E-state index is 14.0. The van der Waals surface area contributed by atoms with Gasteiger partial charge in [-0.15, -0.1) is 0 Å². The number of primary amides is 1. The van der Waals surface area contributed by atoms with Crippen LogP contribution in [0.4, 0.5) is 10.2 Å². The second-order valence-corrected chi connectivity index (χ2v) is 6.90. The molecule has 0 saturated carbocycles. The molecule has 3 aromatic rings. The van der Waals surface area contributed by atoms with Crippen LogP contribution in [-0.2, 0) is 6.42 Å². The third kappa shape index (κ3) is 3.85. The van der Waals surface area contributed by atoms with Crippen LogP contribution in [0.15, 0.2) is 36.7 Å². The molecule has 0 aliphatic heterocycles. The first-order valence-electron chi connectivity index (χ1n) is 8.33. The Morgan fingerprint density at radius 3 is 2.48 bits per heavy atom. The van der Waals surface area contributed by atoms with E-state index < -0.39 is 17.7 Å². The third-order valence-electron chi connectivity index (χ3n) is 4.32. The number of pyridine rings is 1. The highest BCUT2D eigenvalue weighted by atomic mass is 19.1. The molecule has 2 heterocycles. The smallest absolute Gasteiger partial charge is 0.251 e. The lowest BCUT2D eigenvalue weighted by Crippen LogP contribution is -2.34. The molecule has 8 heteroatoms. The number of carbonyl (C=O) groups is 1. The molecule has 3 rings (SSSR count). The van der Waals surface area contributed by atoms with Crippen molar-refractivity contribution < 1.29 is 14.3 Å². The lowest BCUT2D eigenvalue weighted by atomic mass is 9.95. The number of amides is 1. The predicted octanol–water partition coefficient (Wildman–Crippen LogP) is 2.02. The molecule has 27 heavy (non-hydrogen) atoms. The van der Waals surface area contributed by atoms with Crippen LogP contribution < -0.4 is 11.5 Å². The molecule has 7 nitrogen and oxygen atoms in total. The molecular weight excluding hydrogens is 349 g/mol. The fraction of sp³-hybridized carbons (Fsp3) is 0.263. The van der Waals surface area contributed by atoms with Gasteiger partial charge in [-0.1, -0.05) is 24.3 Å². The number of benzene rings is 1. The van der Waals surface area contributed by atoms with E-state index in [0.717, 1.165) is 5.56 Å². The Kier molecular flexibility index (Phi) is 4.75. The normalized spacial score (nSPS) is 12.9. The Morgan fingerprint density at radius 1 is 1.22 bits per heavy atom. The number of aromatic nitrogens is 3. The van der Waals surface area contributed by atoms with E-state index in [1.807, 2.05) is 0 Å². The van der Waals surface area contributed by atoms with Crippen molar-refractivity contribution in [1.82, 2.24) is 15.0 Å². The zero-order chi connectivity index (χ0) is 19.8. The molecule has 2 aromatic heterocycles. The van der Waals surface area contributed by atoms with E-state index >= 15 is 0 Å². The minimum Gasteiger partial charge on any atom is -0.387 e. The minimum absolute atomic E-state index is 0.0856. The molecule has 1 atom stereocenters. The van der Waals surface area contributed by atoms with Gasteiger partial charge >= 0.3 is 0 Å². The molecule has 0 aliphatic rings. The molecule has 0 fully saturated rings. The number of aliphatic hydroxyl groups is 1. The maximum Gasteiger partial charge on any atom is 0.251 e. The van der Waals surface area contributed by atoms with Gasteiger partial charge < -0.3 is 16.6 Å². The van der Waals surface area contributed by atoms with E-state index in [0.29, 0.717) is 22.3 Å². The van der Waals surface area contributed by atoms with Crippen molar-refractivity contribution in [3.63, 3.8) is 0 Å². The van der Waals surface area contributed by atoms with Crippen molar-refractivity contribution in [2.24, 2.45) is 5.73 Å². The monoisotopic (exact) mass is 369 g/mol. The van der Waals surface area contributed by atoms with Gasteiger partial charge in [0.15, 0.2) is 5.82 Å². The number of carbonyl (C=O) groups excluding carboxylic acids is 1. The van der Waals surface area contributed by atoms with E-state index in [1.165, 1.54) is 20.2 Å². The summed E-state index contributed by atoms with van der Waals surface area (Å²) < 4.78 is 14.0. The number of hydrogen-bond acceptors (Lipinski definition) is 6. The largest absolute Gasteiger partial charge is 0.387 e. The highest BCUT2D eigenvalue weighted by Gasteiger charge is 2.26. The number of anilines is 1. The van der Waals surface area contributed by atoms with Crippen molar-refractivity contribution in [1.29, 1.82) is 0 Å². The minimum atomic E-state index is -1.41. The van der Waals surface area contributed by atoms with Crippen molar-refractivity contribution >= 4 is 22.8 Å². The van der Waals surface area contributed by atoms with Gasteiger partial charge in [-0.25, -0.2) is 19.3 Å². The van der Waals surface area contributed by atoms with Crippen LogP contribution in [0.25, 0.3) is 22.3 Å². The summed E-state index contributed by atoms with van der Waals surface area (Å²) in [6, 6.07) is 8.54. The molecule has 140 valence electrons. The standard InChI is InChI=1S/C19H20FN5O2/c1-19(2,27)14(20)7-10-3-5-11(6-4-10)13-8-12(18(22)26)15-16(25-13)17(21)24-9-23-15/h3-6,8-9,14,27H,7H2,1-2H3,(H2,22,26)(H2,21,23,24). The quantitative estimate of drug-likeness (QED) is 0.631. The molecule has 1 aromatic carbocycles. The predicted molar refractivity (Wildman–Crippen MR) is 101 cm³/mol. The number of rotatable bonds is 5. The van der Waals surface area contributed by atoms with Gasteiger partial charge in [0.05, 0.1) is 16.9 Å². The zero-order valence-corrected chi connectivity index (χ0v) is 15.0. The van der Waals surface area contributed by atoms with E-state index in [4.69, 9.17) is 11.5 Å². The number of fused-ring (bicyclic) bond motifs is 1. The Morgan fingerprint density at radius 2 is 1.89 bits per heavy atom. The molecule has 0 radical (unpaired) electrons. The Balaban J connectivity index is 2.00. The summed E-state index contributed by atoms with van der Waals surface area (Å²) >= 11 is 0. The van der Waals surface area contributed by atoms with E-state index in [1.54, 1.807) is 30.3 Å². The van der Waals surface area contributed by atoms with E-state index in [2.05, 4.69) is 15.0 Å². The fourth-order valence-electron chi connectivity index (χ4n) is 2.66. The first-order valence-corrected chi connectivity index (χ1v) is 8.33. The molecular formula is C19H20FN5O2. The zero-order valence-electron chi connectivity index (χ0n) is 15.0. The molecule has 1 unspecified atom stereocenters. The van der Waals surface area contributed by atoms with Gasteiger partial charge in [-0.3, -0.25) is 4.79 Å². The summed E-state index contributed by atoms with van der Waals surface area (Å²) in [5, 5.41) is 9.74. The molecule has 0 aliphatic carbocycles. The van der Waals surface area contributed by atoms with E-state index in [9.17, 15) is 14.3 Å². The van der Waals surface area contributed by atoms with Crippen LogP contribution >= 0.6 is 0 Å². The van der Waals surface area contributed by atoms with Crippen LogP contribution in [0.3, 0.4) is 0 Å². The first-order chi connectivity index (χ1) is 12.7. The summed E-state index contributed by atoms with van der Waals surface area (Å²) in [6.45, 7) is 2.87. The fourth-order valence-corrected chi connectivity index (χ4v) is 2.66.